The fourth-order valence-electron chi connectivity index (χ4n) is 2.59. The molecule has 0 fully saturated rings. The molecule has 0 unspecified atom stereocenters. The monoisotopic (exact) mass is 503 g/mol. The Hall–Kier alpha value is -2.36. The number of benzene rings is 1. The van der Waals surface area contributed by atoms with Crippen molar-refractivity contribution in [3.8, 4) is 0 Å². The summed E-state index contributed by atoms with van der Waals surface area (Å²) in [6, 6.07) is 3.69. The van der Waals surface area contributed by atoms with Crippen molar-refractivity contribution in [1.82, 2.24) is 16.0 Å². The Labute approximate surface area is 205 Å². The first-order chi connectivity index (χ1) is 15.5. The molecule has 1 aromatic rings. The summed E-state index contributed by atoms with van der Waals surface area (Å²) in [5.41, 5.74) is 6.24. The Bertz CT molecular complexity index is 800. The van der Waals surface area contributed by atoms with Crippen molar-refractivity contribution in [3.63, 3.8) is 0 Å². The van der Waals surface area contributed by atoms with Crippen molar-refractivity contribution in [3.05, 3.63) is 33.8 Å². The minimum atomic E-state index is -0.950. The molecule has 0 aliphatic carbocycles. The summed E-state index contributed by atoms with van der Waals surface area (Å²) >= 11 is 12.0. The van der Waals surface area contributed by atoms with Crippen LogP contribution in [-0.2, 0) is 20.7 Å². The van der Waals surface area contributed by atoms with E-state index in [-0.39, 0.29) is 18.2 Å². The van der Waals surface area contributed by atoms with Crippen LogP contribution in [-0.4, -0.2) is 42.1 Å². The minimum absolute atomic E-state index is 0.0400. The largest absolute Gasteiger partial charge is 0.444 e. The number of guanidine groups is 1. The maximum absolute atomic E-state index is 12.1. The average Bonchev–Trinajstić information content (AvgIpc) is 2.74. The number of nitrogens with two attached hydrogens (primary N) is 1. The standard InChI is InChI=1S/C20H29Cl2N5O4.C2H6/c1-5-15(25-18(29)17(23)10(2)3)11(4)31-20(30)27-19(24)26-16(28)9-12-13(21)7-6-8-14(12)22;1-2/h6-8,10-11,15,17H,5,9,23H2,1-4H3,(H,25,29)(H3,24,26,27,28,30);1-2H3/t11-,15-,17+;/m1./s1. The van der Waals surface area contributed by atoms with Crippen LogP contribution in [0.25, 0.3) is 0 Å². The molecule has 0 aliphatic rings. The maximum Gasteiger partial charge on any atom is 0.414 e. The van der Waals surface area contributed by atoms with Crippen molar-refractivity contribution in [2.24, 2.45) is 11.7 Å². The van der Waals surface area contributed by atoms with Crippen LogP contribution in [0.1, 0.15) is 53.5 Å². The summed E-state index contributed by atoms with van der Waals surface area (Å²) in [6.07, 6.45) is -1.32. The zero-order valence-electron chi connectivity index (χ0n) is 19.9. The lowest BCUT2D eigenvalue weighted by Crippen LogP contribution is -2.52. The minimum Gasteiger partial charge on any atom is -0.444 e. The van der Waals surface area contributed by atoms with Gasteiger partial charge in [0.2, 0.25) is 17.8 Å². The summed E-state index contributed by atoms with van der Waals surface area (Å²) in [6.45, 7) is 11.1. The fraction of sp³-hybridized carbons (Fsp3) is 0.545. The lowest BCUT2D eigenvalue weighted by Gasteiger charge is -2.26. The highest BCUT2D eigenvalue weighted by Gasteiger charge is 2.25. The SMILES string of the molecule is CC.CC[C@@H](NC(=O)[C@@H](N)C(C)C)[C@@H](C)OC(=O)NC(=N)NC(=O)Cc1c(Cl)cccc1Cl. The van der Waals surface area contributed by atoms with E-state index in [9.17, 15) is 14.4 Å². The summed E-state index contributed by atoms with van der Waals surface area (Å²) in [5.74, 6) is -1.53. The van der Waals surface area contributed by atoms with Crippen molar-refractivity contribution in [1.29, 1.82) is 5.41 Å². The second kappa shape index (κ2) is 15.5. The molecular weight excluding hydrogens is 469 g/mol. The molecule has 0 radical (unpaired) electrons. The first-order valence-electron chi connectivity index (χ1n) is 10.8. The van der Waals surface area contributed by atoms with Gasteiger partial charge in [0.1, 0.15) is 6.10 Å². The highest BCUT2D eigenvalue weighted by molar-refractivity contribution is 6.36. The van der Waals surface area contributed by atoms with Gasteiger partial charge < -0.3 is 15.8 Å². The van der Waals surface area contributed by atoms with Gasteiger partial charge >= 0.3 is 6.09 Å². The maximum atomic E-state index is 12.1. The van der Waals surface area contributed by atoms with Gasteiger partial charge in [0.05, 0.1) is 18.5 Å². The smallest absolute Gasteiger partial charge is 0.414 e. The van der Waals surface area contributed by atoms with E-state index in [0.29, 0.717) is 22.0 Å². The Morgan fingerprint density at radius 3 is 2.12 bits per heavy atom. The predicted octanol–water partition coefficient (Wildman–Crippen LogP) is 3.61. The molecule has 33 heavy (non-hydrogen) atoms. The van der Waals surface area contributed by atoms with Gasteiger partial charge in [0, 0.05) is 10.0 Å². The molecule has 0 spiro atoms. The number of carbonyl (C=O) groups is 3. The Morgan fingerprint density at radius 2 is 1.64 bits per heavy atom. The highest BCUT2D eigenvalue weighted by Crippen LogP contribution is 2.24. The number of alkyl carbamates (subject to hydrolysis) is 1. The highest BCUT2D eigenvalue weighted by atomic mass is 35.5. The van der Waals surface area contributed by atoms with Crippen molar-refractivity contribution in [2.75, 3.05) is 0 Å². The molecule has 0 aromatic heterocycles. The lowest BCUT2D eigenvalue weighted by atomic mass is 10.0. The van der Waals surface area contributed by atoms with Crippen molar-refractivity contribution in [2.45, 2.75) is 72.6 Å². The van der Waals surface area contributed by atoms with E-state index in [1.165, 1.54) is 0 Å². The number of rotatable bonds is 8. The number of amides is 3. The number of hydrogen-bond donors (Lipinski definition) is 5. The summed E-state index contributed by atoms with van der Waals surface area (Å²) < 4.78 is 5.21. The van der Waals surface area contributed by atoms with Gasteiger partial charge in [-0.1, -0.05) is 63.9 Å². The molecule has 0 heterocycles. The van der Waals surface area contributed by atoms with Crippen LogP contribution >= 0.6 is 23.2 Å². The van der Waals surface area contributed by atoms with Crippen LogP contribution in [0.3, 0.4) is 0 Å². The third-order valence-electron chi connectivity index (χ3n) is 4.54. The van der Waals surface area contributed by atoms with Gasteiger partial charge in [-0.05, 0) is 37.0 Å². The number of nitrogens with one attached hydrogen (secondary N) is 4. The summed E-state index contributed by atoms with van der Waals surface area (Å²) in [7, 11) is 0. The van der Waals surface area contributed by atoms with E-state index in [0.717, 1.165) is 0 Å². The zero-order valence-corrected chi connectivity index (χ0v) is 21.4. The van der Waals surface area contributed by atoms with Crippen LogP contribution in [0.15, 0.2) is 18.2 Å². The quantitative estimate of drug-likeness (QED) is 0.271. The number of hydrogen-bond acceptors (Lipinski definition) is 6. The Kier molecular flexibility index (Phi) is 14.4. The lowest BCUT2D eigenvalue weighted by molar-refractivity contribution is -0.124. The van der Waals surface area contributed by atoms with Crippen LogP contribution in [0.2, 0.25) is 10.0 Å². The molecule has 1 rings (SSSR count). The van der Waals surface area contributed by atoms with E-state index in [1.807, 2.05) is 34.6 Å². The first kappa shape index (κ1) is 30.6. The van der Waals surface area contributed by atoms with Gasteiger partial charge in [-0.2, -0.15) is 0 Å². The molecule has 9 nitrogen and oxygen atoms in total. The Balaban J connectivity index is 0.00000497. The molecule has 0 aliphatic heterocycles. The molecule has 11 heteroatoms. The molecule has 0 saturated heterocycles. The predicted molar refractivity (Wildman–Crippen MR) is 131 cm³/mol. The van der Waals surface area contributed by atoms with Crippen LogP contribution in [0.4, 0.5) is 4.79 Å². The Morgan fingerprint density at radius 1 is 1.09 bits per heavy atom. The normalized spacial score (nSPS) is 13.0. The molecule has 186 valence electrons. The van der Waals surface area contributed by atoms with Gasteiger partial charge in [-0.25, -0.2) is 4.79 Å². The van der Waals surface area contributed by atoms with Crippen LogP contribution < -0.4 is 21.7 Å². The van der Waals surface area contributed by atoms with Crippen molar-refractivity contribution >= 4 is 47.1 Å². The number of halogens is 2. The molecule has 0 saturated carbocycles. The molecule has 3 amide bonds. The van der Waals surface area contributed by atoms with E-state index >= 15 is 0 Å². The second-order valence-electron chi connectivity index (χ2n) is 7.33. The van der Waals surface area contributed by atoms with Gasteiger partial charge in [-0.3, -0.25) is 25.6 Å². The van der Waals surface area contributed by atoms with Crippen molar-refractivity contribution < 1.29 is 19.1 Å². The summed E-state index contributed by atoms with van der Waals surface area (Å²) in [5, 5.41) is 15.5. The third-order valence-corrected chi connectivity index (χ3v) is 5.25. The fourth-order valence-corrected chi connectivity index (χ4v) is 3.12. The molecule has 0 bridgehead atoms. The molecular formula is C22H35Cl2N5O4. The topological polar surface area (TPSA) is 146 Å². The zero-order chi connectivity index (χ0) is 25.7. The van der Waals surface area contributed by atoms with E-state index in [4.69, 9.17) is 39.1 Å². The second-order valence-corrected chi connectivity index (χ2v) is 8.14. The third kappa shape index (κ3) is 10.9. The molecule has 6 N–H and O–H groups in total. The average molecular weight is 504 g/mol. The van der Waals surface area contributed by atoms with E-state index in [2.05, 4.69) is 16.0 Å². The van der Waals surface area contributed by atoms with E-state index in [1.54, 1.807) is 25.1 Å². The molecule has 1 aromatic carbocycles. The van der Waals surface area contributed by atoms with Crippen LogP contribution in [0, 0.1) is 11.3 Å². The van der Waals surface area contributed by atoms with E-state index < -0.39 is 36.1 Å². The number of ether oxygens (including phenoxy) is 1. The van der Waals surface area contributed by atoms with Gasteiger partial charge in [0.25, 0.3) is 0 Å². The number of carbonyl (C=O) groups excluding carboxylic acids is 3. The van der Waals surface area contributed by atoms with Crippen LogP contribution in [0.5, 0.6) is 0 Å². The molecule has 3 atom stereocenters. The summed E-state index contributed by atoms with van der Waals surface area (Å²) in [4.78, 5) is 36.3. The first-order valence-corrected chi connectivity index (χ1v) is 11.6. The van der Waals surface area contributed by atoms with Gasteiger partial charge in [0.15, 0.2) is 0 Å². The van der Waals surface area contributed by atoms with Gasteiger partial charge in [-0.15, -0.1) is 0 Å².